The zero-order valence-electron chi connectivity index (χ0n) is 8.87. The first kappa shape index (κ1) is 19.2. The molecule has 7 N–H and O–H groups in total. The normalized spacial score (nSPS) is 8.56. The van der Waals surface area contributed by atoms with Crippen molar-refractivity contribution in [3.05, 3.63) is 0 Å². The molecule has 0 aliphatic heterocycles. The third-order valence-electron chi connectivity index (χ3n) is 0.713. The lowest BCUT2D eigenvalue weighted by molar-refractivity contribution is -0.137. The molecule has 0 saturated carbocycles. The second-order valence-corrected chi connectivity index (χ2v) is 1.93. The van der Waals surface area contributed by atoms with E-state index < -0.39 is 5.97 Å². The van der Waals surface area contributed by atoms with Gasteiger partial charge in [-0.2, -0.15) is 10.2 Å². The van der Waals surface area contributed by atoms with Crippen LogP contribution in [0.2, 0.25) is 0 Å². The van der Waals surface area contributed by atoms with Gasteiger partial charge in [-0.15, -0.1) is 10.2 Å². The second kappa shape index (κ2) is 22.9. The Balaban J connectivity index is -0.000000160. The molecule has 0 saturated heterocycles. The van der Waals surface area contributed by atoms with Crippen LogP contribution in [0.3, 0.4) is 0 Å². The van der Waals surface area contributed by atoms with Crippen LogP contribution in [0.25, 0.3) is 0 Å². The smallest absolute Gasteiger partial charge is 0.303 e. The van der Waals surface area contributed by atoms with E-state index in [1.165, 1.54) is 0 Å². The molecule has 0 unspecified atom stereocenters. The first-order valence-corrected chi connectivity index (χ1v) is 3.98. The van der Waals surface area contributed by atoms with E-state index >= 15 is 0 Å². The fourth-order valence-electron chi connectivity index (χ4n) is 0.281. The van der Waals surface area contributed by atoms with E-state index in [2.05, 4.69) is 32.1 Å². The van der Waals surface area contributed by atoms with Gasteiger partial charge in [0.2, 0.25) is 0 Å². The average Bonchev–Trinajstić information content (AvgIpc) is 2.21. The number of hydrogen-bond acceptors (Lipinski definition) is 7. The van der Waals surface area contributed by atoms with Crippen molar-refractivity contribution < 1.29 is 9.90 Å². The zero-order valence-corrected chi connectivity index (χ0v) is 8.87. The van der Waals surface area contributed by atoms with Gasteiger partial charge in [-0.25, -0.2) is 11.1 Å². The first-order chi connectivity index (χ1) is 7.60. The lowest BCUT2D eigenvalue weighted by atomic mass is 10.4. The predicted molar refractivity (Wildman–Crippen MR) is 58.2 cm³/mol. The molecular weight excluding hydrogens is 216 g/mol. The number of hydrazone groups is 2. The van der Waals surface area contributed by atoms with Crippen LogP contribution < -0.4 is 11.7 Å². The van der Waals surface area contributed by atoms with Crippen LogP contribution in [-0.4, -0.2) is 23.8 Å². The minimum Gasteiger partial charge on any atom is -0.481 e. The first-order valence-electron chi connectivity index (χ1n) is 3.98. The Labute approximate surface area is 92.4 Å². The Bertz CT molecular complexity index is 211. The molecule has 0 aliphatic rings. The van der Waals surface area contributed by atoms with Crippen molar-refractivity contribution >= 4 is 18.6 Å². The van der Waals surface area contributed by atoms with Gasteiger partial charge in [0, 0.05) is 6.42 Å². The number of nitrogens with two attached hydrogens (primary N) is 2. The third kappa shape index (κ3) is 61.5. The van der Waals surface area contributed by atoms with Crippen LogP contribution in [0.4, 0.5) is 0 Å². The molecular formula is C6H16N8O2. The molecule has 10 nitrogen and oxygen atoms in total. The van der Waals surface area contributed by atoms with Gasteiger partial charge in [-0.3, -0.25) is 4.79 Å². The molecule has 0 fully saturated rings. The van der Waals surface area contributed by atoms with Crippen molar-refractivity contribution in [2.24, 2.45) is 32.1 Å². The molecule has 0 aliphatic carbocycles. The SMILES string of the molecule is CCCC(=O)O.N=NC=NN.N=NC=NN. The maximum atomic E-state index is 9.60. The number of nitrogens with zero attached hydrogens (tertiary/aromatic N) is 4. The summed E-state index contributed by atoms with van der Waals surface area (Å²) in [5.41, 5.74) is 12.0. The monoisotopic (exact) mass is 232 g/mol. The average molecular weight is 232 g/mol. The van der Waals surface area contributed by atoms with E-state index in [-0.39, 0.29) is 0 Å². The molecule has 0 aromatic rings. The Hall–Kier alpha value is -2.39. The zero-order chi connectivity index (χ0) is 13.2. The van der Waals surface area contributed by atoms with Crippen LogP contribution in [0.5, 0.6) is 0 Å². The summed E-state index contributed by atoms with van der Waals surface area (Å²) in [7, 11) is 0. The molecule has 0 bridgehead atoms. The number of rotatable bonds is 4. The predicted octanol–water partition coefficient (Wildman–Crippen LogP) is 0.710. The van der Waals surface area contributed by atoms with Crippen molar-refractivity contribution in [2.45, 2.75) is 19.8 Å². The Morgan fingerprint density at radius 2 is 1.62 bits per heavy atom. The van der Waals surface area contributed by atoms with Gasteiger partial charge in [0.05, 0.1) is 0 Å². The highest BCUT2D eigenvalue weighted by molar-refractivity contribution is 5.66. The number of carboxylic acid groups (broad SMARTS) is 1. The van der Waals surface area contributed by atoms with Crippen molar-refractivity contribution in [2.75, 3.05) is 0 Å². The van der Waals surface area contributed by atoms with Crippen molar-refractivity contribution in [1.29, 1.82) is 11.1 Å². The van der Waals surface area contributed by atoms with Gasteiger partial charge in [0.15, 0.2) is 12.7 Å². The molecule has 0 atom stereocenters. The Kier molecular flexibility index (Phi) is 27.5. The molecule has 16 heavy (non-hydrogen) atoms. The van der Waals surface area contributed by atoms with Gasteiger partial charge in [0.1, 0.15) is 0 Å². The van der Waals surface area contributed by atoms with Crippen LogP contribution in [-0.2, 0) is 4.79 Å². The van der Waals surface area contributed by atoms with Crippen molar-refractivity contribution in [3.8, 4) is 0 Å². The Morgan fingerprint density at radius 3 is 1.62 bits per heavy atom. The van der Waals surface area contributed by atoms with Crippen molar-refractivity contribution in [3.63, 3.8) is 0 Å². The van der Waals surface area contributed by atoms with Gasteiger partial charge < -0.3 is 16.8 Å². The van der Waals surface area contributed by atoms with E-state index in [0.29, 0.717) is 6.42 Å². The quantitative estimate of drug-likeness (QED) is 0.157. The van der Waals surface area contributed by atoms with Gasteiger partial charge in [-0.05, 0) is 6.42 Å². The van der Waals surface area contributed by atoms with Gasteiger partial charge in [0.25, 0.3) is 0 Å². The molecule has 0 aromatic carbocycles. The number of hydrogen-bond donors (Lipinski definition) is 5. The number of carbonyl (C=O) groups is 1. The van der Waals surface area contributed by atoms with Crippen LogP contribution in [0.1, 0.15) is 19.8 Å². The van der Waals surface area contributed by atoms with Gasteiger partial charge in [-0.1, -0.05) is 6.92 Å². The topological polar surface area (TPSA) is 186 Å². The molecule has 0 radical (unpaired) electrons. The van der Waals surface area contributed by atoms with E-state index in [9.17, 15) is 4.79 Å². The second-order valence-electron chi connectivity index (χ2n) is 1.93. The van der Waals surface area contributed by atoms with E-state index in [1.807, 2.05) is 6.92 Å². The summed E-state index contributed by atoms with van der Waals surface area (Å²) in [5.74, 6) is 8.28. The van der Waals surface area contributed by atoms with E-state index in [4.69, 9.17) is 16.2 Å². The maximum Gasteiger partial charge on any atom is 0.303 e. The summed E-state index contributed by atoms with van der Waals surface area (Å²) in [6.07, 6.45) is 2.91. The van der Waals surface area contributed by atoms with Gasteiger partial charge >= 0.3 is 5.97 Å². The summed E-state index contributed by atoms with van der Waals surface area (Å²) in [6, 6.07) is 0. The minimum absolute atomic E-state index is 0.292. The number of carboxylic acids is 1. The van der Waals surface area contributed by atoms with E-state index in [0.717, 1.165) is 19.1 Å². The molecule has 92 valence electrons. The minimum atomic E-state index is -0.711. The number of nitrogens with one attached hydrogen (secondary N) is 2. The highest BCUT2D eigenvalue weighted by Gasteiger charge is 1.87. The lowest BCUT2D eigenvalue weighted by Gasteiger charge is -1.79. The van der Waals surface area contributed by atoms with E-state index in [1.54, 1.807) is 0 Å². The fourth-order valence-corrected chi connectivity index (χ4v) is 0.281. The summed E-state index contributed by atoms with van der Waals surface area (Å²) < 4.78 is 0. The third-order valence-corrected chi connectivity index (χ3v) is 0.713. The molecule has 0 amide bonds. The summed E-state index contributed by atoms with van der Waals surface area (Å²) in [5, 5.41) is 19.0. The molecule has 10 heteroatoms. The summed E-state index contributed by atoms with van der Waals surface area (Å²) in [4.78, 5) is 9.60. The largest absolute Gasteiger partial charge is 0.481 e. The fraction of sp³-hybridized carbons (Fsp3) is 0.500. The lowest BCUT2D eigenvalue weighted by Crippen LogP contribution is -1.90. The summed E-state index contributed by atoms with van der Waals surface area (Å²) in [6.45, 7) is 1.84. The standard InChI is InChI=1S/C4H8O2.2CH4N4/c1-2-3-4(5)6;2*2-4-1-5-3/h2-3H2,1H3,(H,5,6);2*1-2H,3H2. The highest BCUT2D eigenvalue weighted by atomic mass is 16.4. The summed E-state index contributed by atoms with van der Waals surface area (Å²) >= 11 is 0. The molecule has 0 aromatic heterocycles. The molecule has 0 spiro atoms. The molecule has 0 heterocycles. The van der Waals surface area contributed by atoms with Crippen molar-refractivity contribution in [1.82, 2.24) is 0 Å². The maximum absolute atomic E-state index is 9.60. The van der Waals surface area contributed by atoms with Crippen LogP contribution >= 0.6 is 0 Å². The van der Waals surface area contributed by atoms with Crippen LogP contribution in [0, 0.1) is 11.1 Å². The molecule has 0 rings (SSSR count). The van der Waals surface area contributed by atoms with Crippen LogP contribution in [0.15, 0.2) is 20.4 Å². The Morgan fingerprint density at radius 1 is 1.25 bits per heavy atom. The number of aliphatic carboxylic acids is 1. The highest BCUT2D eigenvalue weighted by Crippen LogP contribution is 1.82.